The fraction of sp³-hybridized carbons (Fsp3) is 1.00. The summed E-state index contributed by atoms with van der Waals surface area (Å²) in [6.07, 6.45) is 11.7. The van der Waals surface area contributed by atoms with Gasteiger partial charge in [-0.05, 0) is 57.3 Å². The second-order valence-electron chi connectivity index (χ2n) is 7.55. The maximum atomic E-state index is 3.81. The SMILES string of the molecule is CCCC1CCC(N2CCNC(C)(C3CC3)C2)CC1. The summed E-state index contributed by atoms with van der Waals surface area (Å²) >= 11 is 0. The summed E-state index contributed by atoms with van der Waals surface area (Å²) in [7, 11) is 0. The first-order valence-corrected chi connectivity index (χ1v) is 8.70. The van der Waals surface area contributed by atoms with Gasteiger partial charge in [0, 0.05) is 31.2 Å². The Morgan fingerprint density at radius 3 is 2.47 bits per heavy atom. The molecule has 0 aromatic carbocycles. The first-order valence-electron chi connectivity index (χ1n) is 8.70. The Hall–Kier alpha value is -0.0800. The van der Waals surface area contributed by atoms with Gasteiger partial charge in [0.2, 0.25) is 0 Å². The third-order valence-corrected chi connectivity index (χ3v) is 5.97. The van der Waals surface area contributed by atoms with Gasteiger partial charge in [-0.3, -0.25) is 4.90 Å². The molecule has 3 rings (SSSR count). The predicted molar refractivity (Wildman–Crippen MR) is 81.4 cm³/mol. The molecule has 1 heterocycles. The van der Waals surface area contributed by atoms with Crippen molar-refractivity contribution in [1.82, 2.24) is 10.2 Å². The molecule has 1 N–H and O–H groups in total. The molecular weight excluding hydrogens is 232 g/mol. The molecule has 2 aliphatic carbocycles. The number of rotatable bonds is 4. The van der Waals surface area contributed by atoms with Crippen LogP contribution >= 0.6 is 0 Å². The molecule has 110 valence electrons. The maximum absolute atomic E-state index is 3.81. The third kappa shape index (κ3) is 3.16. The number of nitrogens with one attached hydrogen (secondary N) is 1. The van der Waals surface area contributed by atoms with Gasteiger partial charge < -0.3 is 5.32 Å². The van der Waals surface area contributed by atoms with Gasteiger partial charge in [0.15, 0.2) is 0 Å². The van der Waals surface area contributed by atoms with E-state index >= 15 is 0 Å². The number of nitrogens with zero attached hydrogens (tertiary/aromatic N) is 1. The minimum absolute atomic E-state index is 0.429. The molecule has 0 spiro atoms. The van der Waals surface area contributed by atoms with Crippen LogP contribution in [0.25, 0.3) is 0 Å². The molecule has 0 bridgehead atoms. The van der Waals surface area contributed by atoms with Gasteiger partial charge in [0.1, 0.15) is 0 Å². The Morgan fingerprint density at radius 1 is 1.11 bits per heavy atom. The van der Waals surface area contributed by atoms with Crippen molar-refractivity contribution in [3.8, 4) is 0 Å². The highest BCUT2D eigenvalue weighted by molar-refractivity contribution is 5.03. The van der Waals surface area contributed by atoms with E-state index in [9.17, 15) is 0 Å². The van der Waals surface area contributed by atoms with Crippen LogP contribution in [0.5, 0.6) is 0 Å². The lowest BCUT2D eigenvalue weighted by atomic mass is 9.82. The number of piperazine rings is 1. The Labute approximate surface area is 119 Å². The molecule has 2 saturated carbocycles. The monoisotopic (exact) mass is 264 g/mol. The fourth-order valence-corrected chi connectivity index (χ4v) is 4.55. The summed E-state index contributed by atoms with van der Waals surface area (Å²) in [5.74, 6) is 2.01. The van der Waals surface area contributed by atoms with E-state index in [4.69, 9.17) is 0 Å². The zero-order chi connectivity index (χ0) is 13.3. The maximum Gasteiger partial charge on any atom is 0.0309 e. The highest BCUT2D eigenvalue weighted by Gasteiger charge is 2.45. The molecule has 0 amide bonds. The van der Waals surface area contributed by atoms with Crippen LogP contribution < -0.4 is 5.32 Å². The van der Waals surface area contributed by atoms with E-state index < -0.39 is 0 Å². The Morgan fingerprint density at radius 2 is 1.84 bits per heavy atom. The van der Waals surface area contributed by atoms with Crippen molar-refractivity contribution < 1.29 is 0 Å². The van der Waals surface area contributed by atoms with Gasteiger partial charge in [0.25, 0.3) is 0 Å². The third-order valence-electron chi connectivity index (χ3n) is 5.97. The van der Waals surface area contributed by atoms with Crippen molar-refractivity contribution in [3.63, 3.8) is 0 Å². The van der Waals surface area contributed by atoms with Crippen LogP contribution in [0.15, 0.2) is 0 Å². The Kier molecular flexibility index (Phi) is 4.19. The van der Waals surface area contributed by atoms with Gasteiger partial charge in [-0.25, -0.2) is 0 Å². The van der Waals surface area contributed by atoms with E-state index in [2.05, 4.69) is 24.1 Å². The van der Waals surface area contributed by atoms with Crippen molar-refractivity contribution in [3.05, 3.63) is 0 Å². The minimum atomic E-state index is 0.429. The van der Waals surface area contributed by atoms with Crippen molar-refractivity contribution in [2.45, 2.75) is 76.8 Å². The lowest BCUT2D eigenvalue weighted by Gasteiger charge is -2.47. The minimum Gasteiger partial charge on any atom is -0.309 e. The summed E-state index contributed by atoms with van der Waals surface area (Å²) in [6, 6.07) is 0.897. The molecule has 1 aliphatic heterocycles. The molecule has 0 radical (unpaired) electrons. The van der Waals surface area contributed by atoms with E-state index in [1.165, 1.54) is 71.0 Å². The van der Waals surface area contributed by atoms with Crippen molar-refractivity contribution in [2.75, 3.05) is 19.6 Å². The molecule has 2 heteroatoms. The first kappa shape index (κ1) is 13.9. The topological polar surface area (TPSA) is 15.3 Å². The van der Waals surface area contributed by atoms with Gasteiger partial charge in [-0.15, -0.1) is 0 Å². The van der Waals surface area contributed by atoms with E-state index in [0.29, 0.717) is 5.54 Å². The van der Waals surface area contributed by atoms with E-state index in [1.807, 2.05) is 0 Å². The van der Waals surface area contributed by atoms with Crippen LogP contribution in [0.3, 0.4) is 0 Å². The molecule has 1 atom stereocenters. The lowest BCUT2D eigenvalue weighted by molar-refractivity contribution is 0.0618. The molecule has 3 aliphatic rings. The normalized spacial score (nSPS) is 41.4. The molecular formula is C17H32N2. The van der Waals surface area contributed by atoms with Crippen molar-refractivity contribution >= 4 is 0 Å². The van der Waals surface area contributed by atoms with Gasteiger partial charge in [-0.2, -0.15) is 0 Å². The van der Waals surface area contributed by atoms with E-state index in [0.717, 1.165) is 17.9 Å². The molecule has 0 aromatic heterocycles. The highest BCUT2D eigenvalue weighted by atomic mass is 15.2. The lowest BCUT2D eigenvalue weighted by Crippen LogP contribution is -2.62. The molecule has 1 saturated heterocycles. The molecule has 1 unspecified atom stereocenters. The van der Waals surface area contributed by atoms with Crippen LogP contribution in [0.4, 0.5) is 0 Å². The largest absolute Gasteiger partial charge is 0.309 e. The average molecular weight is 264 g/mol. The summed E-state index contributed by atoms with van der Waals surface area (Å²) in [5, 5.41) is 3.81. The van der Waals surface area contributed by atoms with Crippen LogP contribution in [-0.4, -0.2) is 36.1 Å². The van der Waals surface area contributed by atoms with Crippen molar-refractivity contribution in [1.29, 1.82) is 0 Å². The Balaban J connectivity index is 1.52. The molecule has 0 aromatic rings. The zero-order valence-corrected chi connectivity index (χ0v) is 13.0. The smallest absolute Gasteiger partial charge is 0.0309 e. The van der Waals surface area contributed by atoms with Gasteiger partial charge in [-0.1, -0.05) is 19.8 Å². The summed E-state index contributed by atoms with van der Waals surface area (Å²) in [4.78, 5) is 2.83. The second-order valence-corrected chi connectivity index (χ2v) is 7.55. The van der Waals surface area contributed by atoms with E-state index in [1.54, 1.807) is 0 Å². The average Bonchev–Trinajstić information content (AvgIpc) is 3.25. The highest BCUT2D eigenvalue weighted by Crippen LogP contribution is 2.42. The van der Waals surface area contributed by atoms with Gasteiger partial charge >= 0.3 is 0 Å². The van der Waals surface area contributed by atoms with Crippen LogP contribution in [-0.2, 0) is 0 Å². The fourth-order valence-electron chi connectivity index (χ4n) is 4.55. The van der Waals surface area contributed by atoms with E-state index in [-0.39, 0.29) is 0 Å². The summed E-state index contributed by atoms with van der Waals surface area (Å²) in [5.41, 5.74) is 0.429. The zero-order valence-electron chi connectivity index (χ0n) is 13.0. The van der Waals surface area contributed by atoms with Crippen LogP contribution in [0, 0.1) is 11.8 Å². The van der Waals surface area contributed by atoms with Crippen LogP contribution in [0.2, 0.25) is 0 Å². The van der Waals surface area contributed by atoms with Gasteiger partial charge in [0.05, 0.1) is 0 Å². The summed E-state index contributed by atoms with van der Waals surface area (Å²) in [6.45, 7) is 8.61. The molecule has 2 nitrogen and oxygen atoms in total. The quantitative estimate of drug-likeness (QED) is 0.837. The summed E-state index contributed by atoms with van der Waals surface area (Å²) < 4.78 is 0. The first-order chi connectivity index (χ1) is 9.21. The Bertz CT molecular complexity index is 292. The molecule has 19 heavy (non-hydrogen) atoms. The van der Waals surface area contributed by atoms with Crippen LogP contribution in [0.1, 0.15) is 65.2 Å². The second kappa shape index (κ2) is 5.73. The van der Waals surface area contributed by atoms with Crippen molar-refractivity contribution in [2.24, 2.45) is 11.8 Å². The molecule has 3 fully saturated rings. The predicted octanol–water partition coefficient (Wildman–Crippen LogP) is 3.42. The standard InChI is InChI=1S/C17H32N2/c1-3-4-14-5-9-16(10-6-14)19-12-11-18-17(2,13-19)15-7-8-15/h14-16,18H,3-13H2,1-2H3. The number of hydrogen-bond acceptors (Lipinski definition) is 2. The number of hydrogen-bond donors (Lipinski definition) is 1.